The van der Waals surface area contributed by atoms with Crippen LogP contribution in [-0.4, -0.2) is 20.9 Å². The van der Waals surface area contributed by atoms with Crippen LogP contribution in [0.1, 0.15) is 28.4 Å². The van der Waals surface area contributed by atoms with E-state index in [1.165, 1.54) is 12.1 Å². The van der Waals surface area contributed by atoms with Crippen molar-refractivity contribution in [2.24, 2.45) is 0 Å². The minimum atomic E-state index is -4.11. The summed E-state index contributed by atoms with van der Waals surface area (Å²) in [6.07, 6.45) is 0. The molecule has 0 aliphatic heterocycles. The number of amides is 1. The van der Waals surface area contributed by atoms with Gasteiger partial charge in [-0.15, -0.1) is 0 Å². The van der Waals surface area contributed by atoms with Crippen LogP contribution in [0.3, 0.4) is 0 Å². The molecule has 0 heterocycles. The molecule has 6 heteroatoms. The Kier molecular flexibility index (Phi) is 6.03. The van der Waals surface area contributed by atoms with Gasteiger partial charge in [0.2, 0.25) is 0 Å². The van der Waals surface area contributed by atoms with Crippen molar-refractivity contribution in [2.45, 2.75) is 25.7 Å². The van der Waals surface area contributed by atoms with Gasteiger partial charge in [-0.3, -0.25) is 4.79 Å². The van der Waals surface area contributed by atoms with Crippen LogP contribution in [0.15, 0.2) is 77.7 Å². The van der Waals surface area contributed by atoms with Crippen molar-refractivity contribution < 1.29 is 17.9 Å². The van der Waals surface area contributed by atoms with E-state index >= 15 is 0 Å². The number of hydrogen-bond acceptors (Lipinski definition) is 4. The fourth-order valence-electron chi connectivity index (χ4n) is 2.92. The van der Waals surface area contributed by atoms with E-state index in [2.05, 4.69) is 0 Å². The molecule has 3 aromatic rings. The van der Waals surface area contributed by atoms with Gasteiger partial charge < -0.3 is 4.74 Å². The van der Waals surface area contributed by atoms with E-state index in [0.717, 1.165) is 15.4 Å². The first kappa shape index (κ1) is 20.6. The molecule has 5 nitrogen and oxygen atoms in total. The average molecular weight is 410 g/mol. The maximum absolute atomic E-state index is 13.4. The second kappa shape index (κ2) is 8.49. The van der Waals surface area contributed by atoms with E-state index < -0.39 is 15.9 Å². The molecule has 0 spiro atoms. The fraction of sp³-hybridized carbons (Fsp3) is 0.174. The molecule has 0 fully saturated rings. The topological polar surface area (TPSA) is 63.7 Å². The first-order valence-corrected chi connectivity index (χ1v) is 10.7. The standard InChI is InChI=1S/C23H23NO4S/c1-4-28-21-12-10-20(11-13-21)24(23(25)19-7-5-6-18(3)16-19)29(26,27)22-14-8-17(2)9-15-22/h5-16H,4H2,1-3H3. The van der Waals surface area contributed by atoms with Gasteiger partial charge in [0.1, 0.15) is 5.75 Å². The molecule has 0 N–H and O–H groups in total. The van der Waals surface area contributed by atoms with E-state index in [0.29, 0.717) is 17.9 Å². The van der Waals surface area contributed by atoms with Gasteiger partial charge in [0, 0.05) is 5.56 Å². The second-order valence-electron chi connectivity index (χ2n) is 6.68. The highest BCUT2D eigenvalue weighted by Crippen LogP contribution is 2.28. The van der Waals surface area contributed by atoms with Gasteiger partial charge in [0.15, 0.2) is 0 Å². The maximum atomic E-state index is 13.4. The number of anilines is 1. The van der Waals surface area contributed by atoms with Crippen LogP contribution >= 0.6 is 0 Å². The summed E-state index contributed by atoms with van der Waals surface area (Å²) in [5.41, 5.74) is 2.35. The zero-order valence-electron chi connectivity index (χ0n) is 16.6. The highest BCUT2D eigenvalue weighted by molar-refractivity contribution is 7.93. The number of hydrogen-bond donors (Lipinski definition) is 0. The Hall–Kier alpha value is -3.12. The van der Waals surface area contributed by atoms with Gasteiger partial charge >= 0.3 is 0 Å². The molecule has 0 saturated heterocycles. The summed E-state index contributed by atoms with van der Waals surface area (Å²) in [5, 5.41) is 0. The number of ether oxygens (including phenoxy) is 1. The monoisotopic (exact) mass is 409 g/mol. The molecule has 29 heavy (non-hydrogen) atoms. The van der Waals surface area contributed by atoms with Crippen molar-refractivity contribution in [2.75, 3.05) is 10.9 Å². The minimum absolute atomic E-state index is 0.0537. The van der Waals surface area contributed by atoms with E-state index in [9.17, 15) is 13.2 Å². The summed E-state index contributed by atoms with van der Waals surface area (Å²) in [6.45, 7) is 6.08. The Morgan fingerprint density at radius 1 is 0.897 bits per heavy atom. The Morgan fingerprint density at radius 2 is 1.55 bits per heavy atom. The first-order valence-electron chi connectivity index (χ1n) is 9.29. The molecule has 0 aromatic heterocycles. The molecule has 0 bridgehead atoms. The van der Waals surface area contributed by atoms with E-state index in [4.69, 9.17) is 4.74 Å². The number of sulfonamides is 1. The largest absolute Gasteiger partial charge is 0.494 e. The summed E-state index contributed by atoms with van der Waals surface area (Å²) in [7, 11) is -4.11. The molecule has 0 aliphatic rings. The lowest BCUT2D eigenvalue weighted by Gasteiger charge is -2.23. The Morgan fingerprint density at radius 3 is 2.14 bits per heavy atom. The predicted octanol–water partition coefficient (Wildman–Crippen LogP) is 4.74. The summed E-state index contributed by atoms with van der Waals surface area (Å²) in [6, 6.07) is 19.8. The third-order valence-corrected chi connectivity index (χ3v) is 6.12. The average Bonchev–Trinajstić information content (AvgIpc) is 2.70. The van der Waals surface area contributed by atoms with Crippen molar-refractivity contribution >= 4 is 21.6 Å². The Bertz CT molecular complexity index is 1100. The number of rotatable bonds is 6. The first-order chi connectivity index (χ1) is 13.8. The van der Waals surface area contributed by atoms with Crippen LogP contribution in [0.5, 0.6) is 5.75 Å². The van der Waals surface area contributed by atoms with Gasteiger partial charge in [-0.1, -0.05) is 35.4 Å². The number of benzene rings is 3. The third-order valence-electron chi connectivity index (χ3n) is 4.39. The normalized spacial score (nSPS) is 11.1. The van der Waals surface area contributed by atoms with Crippen LogP contribution in [0.2, 0.25) is 0 Å². The zero-order chi connectivity index (χ0) is 21.0. The van der Waals surface area contributed by atoms with Crippen molar-refractivity contribution in [1.82, 2.24) is 0 Å². The van der Waals surface area contributed by atoms with Crippen LogP contribution in [0, 0.1) is 13.8 Å². The summed E-state index contributed by atoms with van der Waals surface area (Å²) >= 11 is 0. The van der Waals surface area contributed by atoms with E-state index in [1.54, 1.807) is 54.6 Å². The van der Waals surface area contributed by atoms with Gasteiger partial charge in [-0.2, -0.15) is 4.31 Å². The number of carbonyl (C=O) groups excluding carboxylic acids is 1. The van der Waals surface area contributed by atoms with Crippen LogP contribution in [-0.2, 0) is 10.0 Å². The highest BCUT2D eigenvalue weighted by Gasteiger charge is 2.32. The third kappa shape index (κ3) is 4.49. The van der Waals surface area contributed by atoms with Crippen molar-refractivity contribution in [3.8, 4) is 5.75 Å². The van der Waals surface area contributed by atoms with E-state index in [1.807, 2.05) is 26.8 Å². The van der Waals surface area contributed by atoms with Crippen LogP contribution < -0.4 is 9.04 Å². The van der Waals surface area contributed by atoms with Crippen molar-refractivity contribution in [3.05, 3.63) is 89.5 Å². The highest BCUT2D eigenvalue weighted by atomic mass is 32.2. The molecule has 3 aromatic carbocycles. The molecule has 1 amide bonds. The van der Waals surface area contributed by atoms with Gasteiger partial charge in [-0.05, 0) is 69.3 Å². The van der Waals surface area contributed by atoms with Crippen molar-refractivity contribution in [3.63, 3.8) is 0 Å². The van der Waals surface area contributed by atoms with Gasteiger partial charge in [-0.25, -0.2) is 8.42 Å². The van der Waals surface area contributed by atoms with E-state index in [-0.39, 0.29) is 10.6 Å². The Balaban J connectivity index is 2.12. The second-order valence-corrected chi connectivity index (χ2v) is 8.47. The summed E-state index contributed by atoms with van der Waals surface area (Å²) in [4.78, 5) is 13.4. The maximum Gasteiger partial charge on any atom is 0.272 e. The molecule has 0 aliphatic carbocycles. The Labute approximate surface area is 171 Å². The fourth-order valence-corrected chi connectivity index (χ4v) is 4.33. The summed E-state index contributed by atoms with van der Waals surface area (Å²) in [5.74, 6) is -0.00891. The summed E-state index contributed by atoms with van der Waals surface area (Å²) < 4.78 is 33.1. The zero-order valence-corrected chi connectivity index (χ0v) is 17.4. The molecule has 0 radical (unpaired) electrons. The smallest absolute Gasteiger partial charge is 0.272 e. The lowest BCUT2D eigenvalue weighted by atomic mass is 10.1. The van der Waals surface area contributed by atoms with Gasteiger partial charge in [0.05, 0.1) is 17.2 Å². The lowest BCUT2D eigenvalue weighted by Crippen LogP contribution is -2.37. The number of aryl methyl sites for hydroxylation is 2. The molecular weight excluding hydrogens is 386 g/mol. The number of carbonyl (C=O) groups is 1. The van der Waals surface area contributed by atoms with Crippen LogP contribution in [0.25, 0.3) is 0 Å². The predicted molar refractivity (Wildman–Crippen MR) is 114 cm³/mol. The quantitative estimate of drug-likeness (QED) is 0.590. The van der Waals surface area contributed by atoms with Crippen LogP contribution in [0.4, 0.5) is 5.69 Å². The molecule has 0 unspecified atom stereocenters. The molecule has 150 valence electrons. The molecule has 0 atom stereocenters. The SMILES string of the molecule is CCOc1ccc(N(C(=O)c2cccc(C)c2)S(=O)(=O)c2ccc(C)cc2)cc1. The molecular formula is C23H23NO4S. The molecule has 3 rings (SSSR count). The van der Waals surface area contributed by atoms with Gasteiger partial charge in [0.25, 0.3) is 15.9 Å². The lowest BCUT2D eigenvalue weighted by molar-refractivity contribution is 0.100. The minimum Gasteiger partial charge on any atom is -0.494 e. The number of nitrogens with zero attached hydrogens (tertiary/aromatic N) is 1. The van der Waals surface area contributed by atoms with Crippen molar-refractivity contribution in [1.29, 1.82) is 0 Å². The molecule has 0 saturated carbocycles.